The van der Waals surface area contributed by atoms with Crippen molar-refractivity contribution in [3.8, 4) is 17.0 Å². The Morgan fingerprint density at radius 3 is 2.84 bits per heavy atom. The van der Waals surface area contributed by atoms with Crippen LogP contribution in [0.5, 0.6) is 5.75 Å². The first-order valence-electron chi connectivity index (χ1n) is 13.2. The summed E-state index contributed by atoms with van der Waals surface area (Å²) >= 11 is 13.6. The Morgan fingerprint density at radius 1 is 1.23 bits per heavy atom. The number of rotatable bonds is 13. The number of aromatic amines is 1. The molecule has 0 fully saturated rings. The van der Waals surface area contributed by atoms with Gasteiger partial charge in [-0.3, -0.25) is 19.6 Å². The van der Waals surface area contributed by atoms with E-state index in [9.17, 15) is 17.6 Å². The van der Waals surface area contributed by atoms with E-state index in [1.54, 1.807) is 18.3 Å². The Morgan fingerprint density at radius 2 is 2.09 bits per heavy atom. The molecule has 9 nitrogen and oxygen atoms in total. The molecule has 226 valence electrons. The molecular formula is C28H26Cl2FN5O4S3. The van der Waals surface area contributed by atoms with Crippen LogP contribution in [0.2, 0.25) is 9.36 Å². The van der Waals surface area contributed by atoms with Crippen LogP contribution in [0, 0.1) is 5.82 Å². The molecule has 4 aromatic rings. The van der Waals surface area contributed by atoms with Crippen LogP contribution in [0.15, 0.2) is 64.0 Å². The Kier molecular flexibility index (Phi) is 10.3. The van der Waals surface area contributed by atoms with Crippen LogP contribution < -0.4 is 14.8 Å². The summed E-state index contributed by atoms with van der Waals surface area (Å²) in [5.74, 6) is 0.295. The molecule has 0 aliphatic heterocycles. The minimum absolute atomic E-state index is 0.0281. The van der Waals surface area contributed by atoms with Gasteiger partial charge in [0.2, 0.25) is 6.41 Å². The van der Waals surface area contributed by atoms with Crippen LogP contribution in [0.4, 0.5) is 10.2 Å². The van der Waals surface area contributed by atoms with Gasteiger partial charge in [-0.2, -0.15) is 5.10 Å². The van der Waals surface area contributed by atoms with Gasteiger partial charge >= 0.3 is 0 Å². The molecule has 1 atom stereocenters. The number of sulfonamides is 1. The molecule has 1 amide bonds. The summed E-state index contributed by atoms with van der Waals surface area (Å²) in [6.07, 6.45) is 10.1. The molecule has 0 saturated heterocycles. The third kappa shape index (κ3) is 7.71. The van der Waals surface area contributed by atoms with E-state index in [0.717, 1.165) is 36.1 Å². The molecule has 0 bridgehead atoms. The number of H-pyrrole nitrogens is 1. The van der Waals surface area contributed by atoms with E-state index in [1.165, 1.54) is 11.8 Å². The molecule has 0 saturated carbocycles. The normalized spacial score (nSPS) is 14.9. The summed E-state index contributed by atoms with van der Waals surface area (Å²) in [7, 11) is -4.34. The molecule has 15 heteroatoms. The summed E-state index contributed by atoms with van der Waals surface area (Å²) in [5, 5.41) is 9.66. The van der Waals surface area contributed by atoms with Crippen molar-refractivity contribution in [2.45, 2.75) is 46.8 Å². The number of amides is 1. The standard InChI is InChI=1S/C28H26Cl2FN5O4S3/c29-23-24(31)25(30)42-28(23)43(38,39)36-26-22(21-14-17(10-12-33-21)9-11-32-16-37)27(35-34-26)41-15-18-5-4-8-20(13-18)40-19-6-2-1-3-7-19/h2,4-6,8,10,12-14,16,19H,1,3,7,9,11,15H2,(H,32,37)(H2,34,35,36). The second-order valence-corrected chi connectivity index (χ2v) is 14.3. The van der Waals surface area contributed by atoms with E-state index in [-0.39, 0.29) is 16.3 Å². The second kappa shape index (κ2) is 14.1. The van der Waals surface area contributed by atoms with E-state index in [0.29, 0.717) is 52.7 Å². The Balaban J connectivity index is 1.43. The van der Waals surface area contributed by atoms with Gasteiger partial charge in [0.25, 0.3) is 10.0 Å². The maximum atomic E-state index is 14.1. The van der Waals surface area contributed by atoms with E-state index in [4.69, 9.17) is 27.9 Å². The summed E-state index contributed by atoms with van der Waals surface area (Å²) in [6.45, 7) is 0.414. The van der Waals surface area contributed by atoms with Gasteiger partial charge < -0.3 is 10.1 Å². The lowest BCUT2D eigenvalue weighted by Crippen LogP contribution is -2.15. The molecule has 3 heterocycles. The van der Waals surface area contributed by atoms with Crippen LogP contribution in [0.1, 0.15) is 30.4 Å². The number of aromatic nitrogens is 3. The van der Waals surface area contributed by atoms with Gasteiger partial charge in [0.1, 0.15) is 32.1 Å². The molecule has 0 spiro atoms. The maximum Gasteiger partial charge on any atom is 0.274 e. The third-order valence-corrected chi connectivity index (χ3v) is 11.3. The van der Waals surface area contributed by atoms with Crippen LogP contribution in [0.3, 0.4) is 0 Å². The molecular weight excluding hydrogens is 656 g/mol. The molecule has 1 aromatic carbocycles. The highest BCUT2D eigenvalue weighted by Gasteiger charge is 2.29. The van der Waals surface area contributed by atoms with E-state index in [1.807, 2.05) is 24.3 Å². The Hall–Kier alpha value is -3.10. The number of anilines is 1. The Labute approximate surface area is 266 Å². The van der Waals surface area contributed by atoms with Crippen molar-refractivity contribution in [1.29, 1.82) is 0 Å². The number of hydrogen-bond acceptors (Lipinski definition) is 8. The minimum atomic E-state index is -4.34. The number of halogens is 3. The number of nitrogens with zero attached hydrogens (tertiary/aromatic N) is 2. The number of benzene rings is 1. The van der Waals surface area contributed by atoms with Crippen LogP contribution >= 0.6 is 46.3 Å². The second-order valence-electron chi connectivity index (χ2n) is 9.50. The average Bonchev–Trinajstić information content (AvgIpc) is 3.52. The number of hydrogen-bond donors (Lipinski definition) is 3. The van der Waals surface area contributed by atoms with E-state index in [2.05, 4.69) is 37.4 Å². The van der Waals surface area contributed by atoms with Crippen LogP contribution in [-0.2, 0) is 27.0 Å². The van der Waals surface area contributed by atoms with Crippen molar-refractivity contribution < 1.29 is 22.3 Å². The highest BCUT2D eigenvalue weighted by atomic mass is 35.5. The topological polar surface area (TPSA) is 126 Å². The molecule has 1 aliphatic carbocycles. The molecule has 3 N–H and O–H groups in total. The first-order chi connectivity index (χ1) is 20.7. The monoisotopic (exact) mass is 681 g/mol. The molecule has 43 heavy (non-hydrogen) atoms. The SMILES string of the molecule is O=CNCCc1ccnc(-c2c(SCc3cccc(OC4C=CCCC4)c3)n[nH]c2NS(=O)(=O)c2sc(Cl)c(F)c2Cl)c1. The van der Waals surface area contributed by atoms with Gasteiger partial charge in [0.15, 0.2) is 10.0 Å². The van der Waals surface area contributed by atoms with Crippen LogP contribution in [0.25, 0.3) is 11.3 Å². The first-order valence-corrected chi connectivity index (χ1v) is 17.2. The van der Waals surface area contributed by atoms with Gasteiger partial charge in [-0.05, 0) is 67.2 Å². The van der Waals surface area contributed by atoms with Gasteiger partial charge in [0.05, 0.1) is 11.3 Å². The highest BCUT2D eigenvalue weighted by molar-refractivity contribution is 7.98. The molecule has 1 unspecified atom stereocenters. The van der Waals surface area contributed by atoms with E-state index >= 15 is 0 Å². The van der Waals surface area contributed by atoms with E-state index < -0.39 is 25.1 Å². The zero-order chi connectivity index (χ0) is 30.4. The predicted octanol–water partition coefficient (Wildman–Crippen LogP) is 6.85. The summed E-state index contributed by atoms with van der Waals surface area (Å²) in [4.78, 5) is 15.2. The van der Waals surface area contributed by atoms with Gasteiger partial charge in [-0.25, -0.2) is 12.8 Å². The van der Waals surface area contributed by atoms with Gasteiger partial charge in [-0.1, -0.05) is 53.2 Å². The average molecular weight is 683 g/mol. The fourth-order valence-electron chi connectivity index (χ4n) is 4.40. The van der Waals surface area contributed by atoms with Gasteiger partial charge in [-0.15, -0.1) is 11.3 Å². The van der Waals surface area contributed by atoms with Crippen molar-refractivity contribution in [3.05, 3.63) is 81.1 Å². The van der Waals surface area contributed by atoms with Crippen molar-refractivity contribution in [2.24, 2.45) is 0 Å². The summed E-state index contributed by atoms with van der Waals surface area (Å²) < 4.78 is 48.4. The number of nitrogens with one attached hydrogen (secondary N) is 3. The molecule has 3 aromatic heterocycles. The van der Waals surface area contributed by atoms with Crippen molar-refractivity contribution >= 4 is 68.6 Å². The third-order valence-electron chi connectivity index (χ3n) is 6.43. The largest absolute Gasteiger partial charge is 0.486 e. The molecule has 1 aliphatic rings. The lowest BCUT2D eigenvalue weighted by atomic mass is 10.1. The fraction of sp³-hybridized carbons (Fsp3) is 0.250. The smallest absolute Gasteiger partial charge is 0.274 e. The number of thiophene rings is 1. The van der Waals surface area contributed by atoms with Crippen molar-refractivity contribution in [2.75, 3.05) is 11.3 Å². The lowest BCUT2D eigenvalue weighted by Gasteiger charge is -2.18. The summed E-state index contributed by atoms with van der Waals surface area (Å²) in [5.41, 5.74) is 2.69. The van der Waals surface area contributed by atoms with Gasteiger partial charge in [0, 0.05) is 18.5 Å². The number of allylic oxidation sites excluding steroid dienone is 1. The summed E-state index contributed by atoms with van der Waals surface area (Å²) in [6, 6.07) is 11.4. The van der Waals surface area contributed by atoms with Crippen LogP contribution in [-0.4, -0.2) is 42.7 Å². The number of carbonyl (C=O) groups excluding carboxylic acids is 1. The lowest BCUT2D eigenvalue weighted by molar-refractivity contribution is -0.109. The Bertz CT molecular complexity index is 1750. The van der Waals surface area contributed by atoms with Crippen molar-refractivity contribution in [1.82, 2.24) is 20.5 Å². The number of carbonyl (C=O) groups is 1. The number of ether oxygens (including phenoxy) is 1. The first kappa shape index (κ1) is 31.3. The zero-order valence-electron chi connectivity index (χ0n) is 22.5. The maximum absolute atomic E-state index is 14.1. The zero-order valence-corrected chi connectivity index (χ0v) is 26.4. The molecule has 5 rings (SSSR count). The quantitative estimate of drug-likeness (QED) is 0.0610. The predicted molar refractivity (Wildman–Crippen MR) is 168 cm³/mol. The van der Waals surface area contributed by atoms with Crippen molar-refractivity contribution in [3.63, 3.8) is 0 Å². The minimum Gasteiger partial charge on any atom is -0.486 e. The number of pyridine rings is 1. The highest BCUT2D eigenvalue weighted by Crippen LogP contribution is 2.41. The molecule has 0 radical (unpaired) electrons. The fourth-order valence-corrected chi connectivity index (χ4v) is 8.61. The number of thioether (sulfide) groups is 1.